The molecule has 0 saturated carbocycles. The summed E-state index contributed by atoms with van der Waals surface area (Å²) >= 11 is 0. The molecule has 2 N–H and O–H groups in total. The number of nitrogens with zero attached hydrogens (tertiary/aromatic N) is 1. The number of carboxylic acid groups (broad SMARTS) is 1. The first-order valence-electron chi connectivity index (χ1n) is 8.60. The van der Waals surface area contributed by atoms with Crippen LogP contribution in [0.15, 0.2) is 42.5 Å². The second-order valence-corrected chi connectivity index (χ2v) is 6.29. The van der Waals surface area contributed by atoms with Gasteiger partial charge >= 0.3 is 5.97 Å². The summed E-state index contributed by atoms with van der Waals surface area (Å²) in [7, 11) is 2.87. The second kappa shape index (κ2) is 7.99. The van der Waals surface area contributed by atoms with Gasteiger partial charge in [-0.25, -0.2) is 0 Å². The summed E-state index contributed by atoms with van der Waals surface area (Å²) < 4.78 is 10.7. The monoisotopic (exact) mass is 384 g/mol. The Kier molecular flexibility index (Phi) is 5.49. The fourth-order valence-electron chi connectivity index (χ4n) is 3.08. The van der Waals surface area contributed by atoms with Crippen LogP contribution in [0.1, 0.15) is 16.8 Å². The van der Waals surface area contributed by atoms with E-state index >= 15 is 0 Å². The Morgan fingerprint density at radius 1 is 1.11 bits per heavy atom. The maximum Gasteiger partial charge on any atom is 0.308 e. The first-order valence-corrected chi connectivity index (χ1v) is 8.60. The van der Waals surface area contributed by atoms with Crippen LogP contribution in [0.4, 0.5) is 11.4 Å². The SMILES string of the molecule is COc1cc(N2CC(C(=O)O)CC2=O)c(OC)cc1NC(=O)c1ccccc1. The van der Waals surface area contributed by atoms with Gasteiger partial charge in [-0.3, -0.25) is 14.4 Å². The zero-order chi connectivity index (χ0) is 20.3. The minimum atomic E-state index is -1.02. The molecule has 8 nitrogen and oxygen atoms in total. The van der Waals surface area contributed by atoms with E-state index in [9.17, 15) is 19.5 Å². The molecule has 146 valence electrons. The molecule has 1 fully saturated rings. The number of carboxylic acids is 1. The number of ether oxygens (including phenoxy) is 2. The first kappa shape index (κ1) is 19.2. The molecule has 1 atom stereocenters. The first-order chi connectivity index (χ1) is 13.4. The molecule has 0 aromatic heterocycles. The van der Waals surface area contributed by atoms with Gasteiger partial charge in [0.15, 0.2) is 0 Å². The summed E-state index contributed by atoms with van der Waals surface area (Å²) in [5, 5.41) is 12.0. The predicted octanol–water partition coefficient (Wildman–Crippen LogP) is 2.39. The van der Waals surface area contributed by atoms with Crippen molar-refractivity contribution >= 4 is 29.2 Å². The van der Waals surface area contributed by atoms with E-state index < -0.39 is 11.9 Å². The number of anilines is 2. The summed E-state index contributed by atoms with van der Waals surface area (Å²) in [6.45, 7) is 0.0450. The molecule has 1 unspecified atom stereocenters. The van der Waals surface area contributed by atoms with Gasteiger partial charge in [-0.05, 0) is 12.1 Å². The third-order valence-corrected chi connectivity index (χ3v) is 4.55. The summed E-state index contributed by atoms with van der Waals surface area (Å²) in [6.07, 6.45) is -0.0761. The lowest BCUT2D eigenvalue weighted by atomic mass is 10.1. The maximum absolute atomic E-state index is 12.5. The highest BCUT2D eigenvalue weighted by molar-refractivity contribution is 6.06. The summed E-state index contributed by atoms with van der Waals surface area (Å²) in [5.74, 6) is -1.78. The Labute approximate surface area is 161 Å². The molecule has 2 aromatic rings. The normalized spacial score (nSPS) is 16.0. The molecule has 2 aromatic carbocycles. The molecule has 3 rings (SSSR count). The van der Waals surface area contributed by atoms with Crippen molar-refractivity contribution in [3.8, 4) is 11.5 Å². The molecule has 1 aliphatic rings. The number of carbonyl (C=O) groups excluding carboxylic acids is 2. The zero-order valence-corrected chi connectivity index (χ0v) is 15.5. The van der Waals surface area contributed by atoms with Crippen LogP contribution in [0.2, 0.25) is 0 Å². The fraction of sp³-hybridized carbons (Fsp3) is 0.250. The van der Waals surface area contributed by atoms with Crippen molar-refractivity contribution in [2.24, 2.45) is 5.92 Å². The molecular formula is C20H20N2O6. The molecule has 0 spiro atoms. The molecule has 8 heteroatoms. The van der Waals surface area contributed by atoms with E-state index in [1.807, 2.05) is 6.07 Å². The van der Waals surface area contributed by atoms with E-state index in [1.165, 1.54) is 19.1 Å². The zero-order valence-electron chi connectivity index (χ0n) is 15.5. The van der Waals surface area contributed by atoms with E-state index in [0.717, 1.165) is 0 Å². The van der Waals surface area contributed by atoms with Crippen LogP contribution in [-0.2, 0) is 9.59 Å². The van der Waals surface area contributed by atoms with Crippen molar-refractivity contribution in [1.82, 2.24) is 0 Å². The third-order valence-electron chi connectivity index (χ3n) is 4.55. The topological polar surface area (TPSA) is 105 Å². The number of nitrogens with one attached hydrogen (secondary N) is 1. The number of rotatable bonds is 6. The number of amides is 2. The molecule has 1 heterocycles. The number of benzene rings is 2. The van der Waals surface area contributed by atoms with Crippen LogP contribution in [0.25, 0.3) is 0 Å². The summed E-state index contributed by atoms with van der Waals surface area (Å²) in [4.78, 5) is 37.4. The molecule has 2 amide bonds. The Bertz CT molecular complexity index is 912. The van der Waals surface area contributed by atoms with Gasteiger partial charge in [0.2, 0.25) is 5.91 Å². The molecule has 1 aliphatic heterocycles. The molecule has 0 bridgehead atoms. The van der Waals surface area contributed by atoms with E-state index in [4.69, 9.17) is 9.47 Å². The quantitative estimate of drug-likeness (QED) is 0.792. The number of methoxy groups -OCH3 is 2. The largest absolute Gasteiger partial charge is 0.494 e. The summed E-state index contributed by atoms with van der Waals surface area (Å²) in [5.41, 5.74) is 1.25. The average molecular weight is 384 g/mol. The van der Waals surface area contributed by atoms with Crippen molar-refractivity contribution in [3.63, 3.8) is 0 Å². The third kappa shape index (κ3) is 3.75. The van der Waals surface area contributed by atoms with Gasteiger partial charge in [0, 0.05) is 30.7 Å². The second-order valence-electron chi connectivity index (χ2n) is 6.29. The van der Waals surface area contributed by atoms with Crippen molar-refractivity contribution in [3.05, 3.63) is 48.0 Å². The van der Waals surface area contributed by atoms with Gasteiger partial charge in [0.1, 0.15) is 11.5 Å². The molecule has 1 saturated heterocycles. The van der Waals surface area contributed by atoms with Crippen LogP contribution >= 0.6 is 0 Å². The van der Waals surface area contributed by atoms with Crippen LogP contribution in [0.3, 0.4) is 0 Å². The highest BCUT2D eigenvalue weighted by Crippen LogP contribution is 2.40. The van der Waals surface area contributed by atoms with E-state index in [2.05, 4.69) is 5.32 Å². The number of hydrogen-bond acceptors (Lipinski definition) is 5. The molecular weight excluding hydrogens is 364 g/mol. The van der Waals surface area contributed by atoms with Gasteiger partial charge in [-0.15, -0.1) is 0 Å². The Hall–Kier alpha value is -3.55. The summed E-state index contributed by atoms with van der Waals surface area (Å²) in [6, 6.07) is 11.8. The molecule has 0 radical (unpaired) electrons. The van der Waals surface area contributed by atoms with Gasteiger partial charge < -0.3 is 24.8 Å². The van der Waals surface area contributed by atoms with Gasteiger partial charge in [0.05, 0.1) is 31.5 Å². The van der Waals surface area contributed by atoms with Crippen molar-refractivity contribution in [2.75, 3.05) is 31.0 Å². The van der Waals surface area contributed by atoms with Crippen molar-refractivity contribution in [1.29, 1.82) is 0 Å². The highest BCUT2D eigenvalue weighted by atomic mass is 16.5. The van der Waals surface area contributed by atoms with Crippen molar-refractivity contribution in [2.45, 2.75) is 6.42 Å². The van der Waals surface area contributed by atoms with Gasteiger partial charge in [-0.2, -0.15) is 0 Å². The van der Waals surface area contributed by atoms with Crippen molar-refractivity contribution < 1.29 is 29.0 Å². The Balaban J connectivity index is 1.93. The van der Waals surface area contributed by atoms with Crippen LogP contribution < -0.4 is 19.7 Å². The Morgan fingerprint density at radius 2 is 1.79 bits per heavy atom. The molecule has 28 heavy (non-hydrogen) atoms. The van der Waals surface area contributed by atoms with Gasteiger partial charge in [0.25, 0.3) is 5.91 Å². The highest BCUT2D eigenvalue weighted by Gasteiger charge is 2.36. The van der Waals surface area contributed by atoms with Crippen LogP contribution in [0, 0.1) is 5.92 Å². The minimum absolute atomic E-state index is 0.0450. The van der Waals surface area contributed by atoms with E-state index in [-0.39, 0.29) is 24.8 Å². The Morgan fingerprint density at radius 3 is 2.36 bits per heavy atom. The maximum atomic E-state index is 12.5. The average Bonchev–Trinajstić information content (AvgIpc) is 3.10. The van der Waals surface area contributed by atoms with Crippen LogP contribution in [0.5, 0.6) is 11.5 Å². The lowest BCUT2D eigenvalue weighted by Crippen LogP contribution is -2.26. The molecule has 0 aliphatic carbocycles. The standard InChI is InChI=1S/C20H20N2O6/c1-27-16-10-15(22-11-13(20(25)26)8-18(22)23)17(28-2)9-14(16)21-19(24)12-6-4-3-5-7-12/h3-7,9-10,13H,8,11H2,1-2H3,(H,21,24)(H,25,26). The van der Waals surface area contributed by atoms with Crippen LogP contribution in [-0.4, -0.2) is 43.7 Å². The van der Waals surface area contributed by atoms with E-state index in [1.54, 1.807) is 36.4 Å². The van der Waals surface area contributed by atoms with E-state index in [0.29, 0.717) is 28.4 Å². The van der Waals surface area contributed by atoms with Gasteiger partial charge in [-0.1, -0.05) is 18.2 Å². The minimum Gasteiger partial charge on any atom is -0.494 e. The smallest absolute Gasteiger partial charge is 0.308 e. The number of carbonyl (C=O) groups is 3. The lowest BCUT2D eigenvalue weighted by Gasteiger charge is -2.22. The number of hydrogen-bond donors (Lipinski definition) is 2. The predicted molar refractivity (Wildman–Crippen MR) is 102 cm³/mol. The fourth-order valence-corrected chi connectivity index (χ4v) is 3.08. The lowest BCUT2D eigenvalue weighted by molar-refractivity contribution is -0.141. The number of aliphatic carboxylic acids is 1.